The summed E-state index contributed by atoms with van der Waals surface area (Å²) in [4.78, 5) is 2.38. The van der Waals surface area contributed by atoms with E-state index in [2.05, 4.69) is 11.0 Å². The molecule has 112 valence electrons. The summed E-state index contributed by atoms with van der Waals surface area (Å²) < 4.78 is 0. The van der Waals surface area contributed by atoms with Gasteiger partial charge in [0.2, 0.25) is 0 Å². The second-order valence-corrected chi connectivity index (χ2v) is 6.48. The summed E-state index contributed by atoms with van der Waals surface area (Å²) in [5, 5.41) is 19.4. The van der Waals surface area contributed by atoms with Gasteiger partial charge in [-0.25, -0.2) is 0 Å². The number of likely N-dealkylation sites (tertiary alicyclic amines) is 1. The van der Waals surface area contributed by atoms with E-state index in [9.17, 15) is 5.11 Å². The molecule has 1 saturated carbocycles. The number of nitrogen functional groups attached to an aromatic ring is 1. The fraction of sp³-hybridized carbons (Fsp3) is 0.562. The smallest absolute Gasteiger partial charge is 0.0992 e. The van der Waals surface area contributed by atoms with E-state index in [1.165, 1.54) is 0 Å². The first kappa shape index (κ1) is 14.6. The molecule has 2 unspecified atom stereocenters. The summed E-state index contributed by atoms with van der Waals surface area (Å²) in [6.45, 7) is 1.94. The molecule has 1 saturated heterocycles. The maximum atomic E-state index is 9.78. The van der Waals surface area contributed by atoms with E-state index in [1.54, 1.807) is 6.07 Å². The molecule has 0 radical (unpaired) electrons. The summed E-state index contributed by atoms with van der Waals surface area (Å²) in [6.07, 6.45) is 3.87. The molecule has 1 aliphatic carbocycles. The second kappa shape index (κ2) is 5.84. The Kier molecular flexibility index (Phi) is 4.08. The van der Waals surface area contributed by atoms with Gasteiger partial charge in [0.25, 0.3) is 0 Å². The number of halogens is 1. The molecular formula is C16H20ClN3O. The molecular weight excluding hydrogens is 286 g/mol. The molecule has 1 heterocycles. The Morgan fingerprint density at radius 2 is 1.95 bits per heavy atom. The van der Waals surface area contributed by atoms with Crippen LogP contribution in [0.2, 0.25) is 5.02 Å². The fourth-order valence-electron chi connectivity index (χ4n) is 3.46. The van der Waals surface area contributed by atoms with Gasteiger partial charge in [-0.3, -0.25) is 4.90 Å². The lowest BCUT2D eigenvalue weighted by Gasteiger charge is -2.45. The SMILES string of the molecule is N#Cc1cc(N)c(Cl)c(C2CCN(C3CCC3O)CC2)c1. The molecule has 2 fully saturated rings. The Balaban J connectivity index is 1.72. The van der Waals surface area contributed by atoms with Gasteiger partial charge in [-0.05, 0) is 62.4 Å². The van der Waals surface area contributed by atoms with Gasteiger partial charge in [-0.1, -0.05) is 11.6 Å². The predicted molar refractivity (Wildman–Crippen MR) is 83.2 cm³/mol. The first-order valence-corrected chi connectivity index (χ1v) is 7.89. The monoisotopic (exact) mass is 305 g/mol. The van der Waals surface area contributed by atoms with Crippen molar-refractivity contribution in [2.45, 2.75) is 43.7 Å². The van der Waals surface area contributed by atoms with Crippen molar-refractivity contribution in [3.8, 4) is 6.07 Å². The van der Waals surface area contributed by atoms with Gasteiger partial charge in [0.05, 0.1) is 28.4 Å². The van der Waals surface area contributed by atoms with Crippen molar-refractivity contribution in [3.63, 3.8) is 0 Å². The van der Waals surface area contributed by atoms with Crippen LogP contribution >= 0.6 is 11.6 Å². The van der Waals surface area contributed by atoms with Crippen LogP contribution in [0.15, 0.2) is 12.1 Å². The van der Waals surface area contributed by atoms with Crippen LogP contribution in [0.4, 0.5) is 5.69 Å². The Morgan fingerprint density at radius 1 is 1.24 bits per heavy atom. The van der Waals surface area contributed by atoms with Crippen molar-refractivity contribution < 1.29 is 5.11 Å². The summed E-state index contributed by atoms with van der Waals surface area (Å²) in [5.41, 5.74) is 7.96. The highest BCUT2D eigenvalue weighted by molar-refractivity contribution is 6.34. The quantitative estimate of drug-likeness (QED) is 0.823. The number of hydrogen-bond acceptors (Lipinski definition) is 4. The third-order valence-electron chi connectivity index (χ3n) is 4.90. The fourth-order valence-corrected chi connectivity index (χ4v) is 3.73. The molecule has 0 bridgehead atoms. The number of nitrogens with two attached hydrogens (primary N) is 1. The molecule has 5 heteroatoms. The summed E-state index contributed by atoms with van der Waals surface area (Å²) in [7, 11) is 0. The minimum absolute atomic E-state index is 0.150. The van der Waals surface area contributed by atoms with Gasteiger partial charge in [0.15, 0.2) is 0 Å². The number of rotatable bonds is 2. The minimum atomic E-state index is -0.150. The highest BCUT2D eigenvalue weighted by Crippen LogP contribution is 2.38. The van der Waals surface area contributed by atoms with Gasteiger partial charge in [0.1, 0.15) is 0 Å². The predicted octanol–water partition coefficient (Wildman–Crippen LogP) is 2.50. The van der Waals surface area contributed by atoms with Crippen LogP contribution in [0.1, 0.15) is 42.7 Å². The number of nitrogens with zero attached hydrogens (tertiary/aromatic N) is 2. The highest BCUT2D eigenvalue weighted by atomic mass is 35.5. The number of piperidine rings is 1. The van der Waals surface area contributed by atoms with E-state index in [0.717, 1.165) is 44.3 Å². The van der Waals surface area contributed by atoms with Crippen LogP contribution in [0.25, 0.3) is 0 Å². The molecule has 0 aromatic heterocycles. The van der Waals surface area contributed by atoms with Crippen molar-refractivity contribution in [2.24, 2.45) is 0 Å². The van der Waals surface area contributed by atoms with Gasteiger partial charge in [-0.15, -0.1) is 0 Å². The number of hydrogen-bond donors (Lipinski definition) is 2. The van der Waals surface area contributed by atoms with Crippen molar-refractivity contribution >= 4 is 17.3 Å². The normalized spacial score (nSPS) is 27.1. The van der Waals surface area contributed by atoms with Crippen LogP contribution in [-0.2, 0) is 0 Å². The first-order valence-electron chi connectivity index (χ1n) is 7.51. The molecule has 3 rings (SSSR count). The maximum absolute atomic E-state index is 9.78. The number of aliphatic hydroxyl groups is 1. The van der Waals surface area contributed by atoms with Crippen LogP contribution in [-0.4, -0.2) is 35.2 Å². The molecule has 1 aromatic rings. The zero-order valence-electron chi connectivity index (χ0n) is 11.9. The van der Waals surface area contributed by atoms with Gasteiger partial charge >= 0.3 is 0 Å². The molecule has 3 N–H and O–H groups in total. The van der Waals surface area contributed by atoms with Crippen LogP contribution in [0, 0.1) is 11.3 Å². The van der Waals surface area contributed by atoms with Crippen molar-refractivity contribution in [1.82, 2.24) is 4.90 Å². The lowest BCUT2D eigenvalue weighted by Crippen LogP contribution is -2.52. The van der Waals surface area contributed by atoms with Gasteiger partial charge in [-0.2, -0.15) is 5.26 Å². The molecule has 2 aliphatic rings. The average Bonchev–Trinajstić information content (AvgIpc) is 2.49. The third kappa shape index (κ3) is 2.74. The van der Waals surface area contributed by atoms with E-state index < -0.39 is 0 Å². The van der Waals surface area contributed by atoms with E-state index in [4.69, 9.17) is 22.6 Å². The molecule has 4 nitrogen and oxygen atoms in total. The lowest BCUT2D eigenvalue weighted by atomic mass is 9.83. The molecule has 0 spiro atoms. The Labute approximate surface area is 130 Å². The van der Waals surface area contributed by atoms with E-state index in [1.807, 2.05) is 6.07 Å². The molecule has 21 heavy (non-hydrogen) atoms. The van der Waals surface area contributed by atoms with Gasteiger partial charge < -0.3 is 10.8 Å². The van der Waals surface area contributed by atoms with Crippen LogP contribution in [0.3, 0.4) is 0 Å². The van der Waals surface area contributed by atoms with Crippen molar-refractivity contribution in [1.29, 1.82) is 5.26 Å². The van der Waals surface area contributed by atoms with Crippen molar-refractivity contribution in [3.05, 3.63) is 28.3 Å². The van der Waals surface area contributed by atoms with Crippen molar-refractivity contribution in [2.75, 3.05) is 18.8 Å². The average molecular weight is 306 g/mol. The zero-order valence-corrected chi connectivity index (χ0v) is 12.7. The number of nitriles is 1. The topological polar surface area (TPSA) is 73.3 Å². The van der Waals surface area contributed by atoms with Crippen LogP contribution < -0.4 is 5.73 Å². The van der Waals surface area contributed by atoms with E-state index >= 15 is 0 Å². The lowest BCUT2D eigenvalue weighted by molar-refractivity contribution is -0.0301. The molecule has 1 aromatic carbocycles. The minimum Gasteiger partial charge on any atom is -0.397 e. The Hall–Kier alpha value is -1.28. The summed E-state index contributed by atoms with van der Waals surface area (Å²) in [6, 6.07) is 5.99. The number of benzene rings is 1. The Bertz CT molecular complexity index is 576. The molecule has 2 atom stereocenters. The largest absolute Gasteiger partial charge is 0.397 e. The number of anilines is 1. The second-order valence-electron chi connectivity index (χ2n) is 6.10. The maximum Gasteiger partial charge on any atom is 0.0992 e. The first-order chi connectivity index (χ1) is 10.1. The standard InChI is InChI=1S/C16H20ClN3O/c17-16-12(7-10(9-18)8-13(16)19)11-3-5-20(6-4-11)14-1-2-15(14)21/h7-8,11,14-15,21H,1-6,19H2. The zero-order chi connectivity index (χ0) is 15.0. The summed E-state index contributed by atoms with van der Waals surface area (Å²) in [5.74, 6) is 0.349. The molecule has 0 amide bonds. The van der Waals surface area contributed by atoms with Crippen LogP contribution in [0.5, 0.6) is 0 Å². The van der Waals surface area contributed by atoms with E-state index in [-0.39, 0.29) is 6.10 Å². The highest BCUT2D eigenvalue weighted by Gasteiger charge is 2.36. The molecule has 1 aliphatic heterocycles. The van der Waals surface area contributed by atoms with Gasteiger partial charge in [0, 0.05) is 6.04 Å². The number of aliphatic hydroxyl groups excluding tert-OH is 1. The summed E-state index contributed by atoms with van der Waals surface area (Å²) >= 11 is 6.33. The van der Waals surface area contributed by atoms with E-state index in [0.29, 0.717) is 28.2 Å². The Morgan fingerprint density at radius 3 is 2.48 bits per heavy atom. The third-order valence-corrected chi connectivity index (χ3v) is 5.34.